The van der Waals surface area contributed by atoms with E-state index in [1.54, 1.807) is 9.80 Å². The smallest absolute Gasteiger partial charge is 0.320 e. The molecule has 1 atom stereocenters. The topological polar surface area (TPSA) is 121 Å². The maximum Gasteiger partial charge on any atom is 0.320 e. The van der Waals surface area contributed by atoms with Crippen LogP contribution in [0.3, 0.4) is 0 Å². The molecule has 10 heteroatoms. The van der Waals surface area contributed by atoms with Crippen molar-refractivity contribution >= 4 is 16.9 Å². The highest BCUT2D eigenvalue weighted by Gasteiger charge is 2.33. The average Bonchev–Trinajstić information content (AvgIpc) is 3.62. The molecule has 4 aromatic rings. The van der Waals surface area contributed by atoms with Gasteiger partial charge in [0.1, 0.15) is 5.69 Å². The summed E-state index contributed by atoms with van der Waals surface area (Å²) in [6, 6.07) is 6.70. The molecule has 2 aromatic heterocycles. The molecule has 2 aliphatic rings. The maximum atomic E-state index is 14.2. The minimum atomic E-state index is -0.649. The molecular formula is C26H27FN6O3. The van der Waals surface area contributed by atoms with Crippen LogP contribution in [-0.4, -0.2) is 65.4 Å². The van der Waals surface area contributed by atoms with E-state index >= 15 is 0 Å². The molecular weight excluding hydrogens is 463 g/mol. The molecule has 2 aliphatic heterocycles. The largest absolute Gasteiger partial charge is 0.505 e. The molecule has 0 radical (unpaired) electrons. The van der Waals surface area contributed by atoms with Crippen molar-refractivity contribution in [2.24, 2.45) is 0 Å². The molecule has 36 heavy (non-hydrogen) atoms. The Balaban J connectivity index is 1.30. The second-order valence-corrected chi connectivity index (χ2v) is 9.64. The number of nitrogens with zero attached hydrogens (tertiary/aromatic N) is 4. The number of phenolic OH excluding ortho intramolecular Hbond substituents is 1. The van der Waals surface area contributed by atoms with Crippen molar-refractivity contribution in [3.63, 3.8) is 0 Å². The lowest BCUT2D eigenvalue weighted by Crippen LogP contribution is -2.39. The molecule has 0 spiro atoms. The van der Waals surface area contributed by atoms with Gasteiger partial charge in [-0.3, -0.25) is 5.10 Å². The standard InChI is InChI=1S/C26H27FN6O3/c1-3-14-8-22(35)18(27)9-17(14)15-6-13(2)23-19(7-15)30-31-24(23)25-28-20-11-33(12-21(20)29-25)26(36)32-5-4-16(34)10-32/h6-9,16,34-35H,3-5,10-12H2,1-2H3,(H,28,29)(H,30,31). The number of urea groups is 1. The summed E-state index contributed by atoms with van der Waals surface area (Å²) in [6.45, 7) is 5.74. The number of aryl methyl sites for hydroxylation is 2. The Labute approximate surface area is 206 Å². The molecule has 1 unspecified atom stereocenters. The fourth-order valence-corrected chi connectivity index (χ4v) is 5.35. The van der Waals surface area contributed by atoms with Crippen molar-refractivity contribution in [3.05, 3.63) is 52.6 Å². The summed E-state index contributed by atoms with van der Waals surface area (Å²) in [5, 5.41) is 28.1. The Kier molecular flexibility index (Phi) is 5.22. The lowest BCUT2D eigenvalue weighted by atomic mass is 9.94. The maximum absolute atomic E-state index is 14.2. The monoisotopic (exact) mass is 490 g/mol. The van der Waals surface area contributed by atoms with Crippen molar-refractivity contribution in [1.29, 1.82) is 0 Å². The fourth-order valence-electron chi connectivity index (χ4n) is 5.35. The minimum absolute atomic E-state index is 0.0785. The Bertz CT molecular complexity index is 1490. The summed E-state index contributed by atoms with van der Waals surface area (Å²) in [6.07, 6.45) is 0.823. The van der Waals surface area contributed by atoms with E-state index in [9.17, 15) is 19.4 Å². The second-order valence-electron chi connectivity index (χ2n) is 9.64. The number of hydrogen-bond donors (Lipinski definition) is 4. The molecule has 1 saturated heterocycles. The number of benzene rings is 2. The Morgan fingerprint density at radius 2 is 2.06 bits per heavy atom. The van der Waals surface area contributed by atoms with Gasteiger partial charge in [-0.25, -0.2) is 14.2 Å². The van der Waals surface area contributed by atoms with Crippen LogP contribution in [0.1, 0.15) is 35.9 Å². The van der Waals surface area contributed by atoms with Gasteiger partial charge >= 0.3 is 6.03 Å². The normalized spacial score (nSPS) is 17.4. The average molecular weight is 491 g/mol. The van der Waals surface area contributed by atoms with Gasteiger partial charge in [0, 0.05) is 18.5 Å². The number of H-pyrrole nitrogens is 2. The Morgan fingerprint density at radius 1 is 1.22 bits per heavy atom. The number of carbonyl (C=O) groups excluding carboxylic acids is 1. The number of β-amino-alcohol motifs (C(OH)–C–C–N with tert-alkyl or cyclic N) is 1. The van der Waals surface area contributed by atoms with Crippen LogP contribution >= 0.6 is 0 Å². The van der Waals surface area contributed by atoms with Crippen LogP contribution in [0.15, 0.2) is 24.3 Å². The first-order valence-corrected chi connectivity index (χ1v) is 12.1. The molecule has 4 heterocycles. The third-order valence-corrected chi connectivity index (χ3v) is 7.21. The molecule has 2 aromatic carbocycles. The van der Waals surface area contributed by atoms with Crippen LogP contribution in [0, 0.1) is 12.7 Å². The summed E-state index contributed by atoms with van der Waals surface area (Å²) in [4.78, 5) is 24.3. The van der Waals surface area contributed by atoms with E-state index in [1.807, 2.05) is 26.0 Å². The van der Waals surface area contributed by atoms with Crippen molar-refractivity contribution in [1.82, 2.24) is 30.0 Å². The first kappa shape index (κ1) is 22.5. The number of aromatic hydroxyl groups is 1. The van der Waals surface area contributed by atoms with Gasteiger partial charge in [0.25, 0.3) is 0 Å². The minimum Gasteiger partial charge on any atom is -0.505 e. The predicted octanol–water partition coefficient (Wildman–Crippen LogP) is 3.84. The Morgan fingerprint density at radius 3 is 2.78 bits per heavy atom. The number of imidazole rings is 1. The summed E-state index contributed by atoms with van der Waals surface area (Å²) in [5.74, 6) is -0.360. The highest BCUT2D eigenvalue weighted by atomic mass is 19.1. The second kappa shape index (κ2) is 8.34. The summed E-state index contributed by atoms with van der Waals surface area (Å²) >= 11 is 0. The first-order chi connectivity index (χ1) is 17.3. The van der Waals surface area contributed by atoms with Crippen LogP contribution in [0.2, 0.25) is 0 Å². The van der Waals surface area contributed by atoms with Gasteiger partial charge in [0.05, 0.1) is 36.1 Å². The van der Waals surface area contributed by atoms with Crippen molar-refractivity contribution in [3.8, 4) is 28.4 Å². The number of rotatable bonds is 3. The molecule has 2 amide bonds. The summed E-state index contributed by atoms with van der Waals surface area (Å²) in [5.41, 5.74) is 6.59. The van der Waals surface area contributed by atoms with E-state index in [4.69, 9.17) is 4.98 Å². The number of aromatic nitrogens is 4. The van der Waals surface area contributed by atoms with E-state index in [1.165, 1.54) is 12.1 Å². The van der Waals surface area contributed by atoms with E-state index in [0.29, 0.717) is 50.5 Å². The van der Waals surface area contributed by atoms with Crippen LogP contribution in [0.25, 0.3) is 33.5 Å². The van der Waals surface area contributed by atoms with Crippen molar-refractivity contribution in [2.45, 2.75) is 45.9 Å². The number of phenols is 1. The van der Waals surface area contributed by atoms with Crippen molar-refractivity contribution in [2.75, 3.05) is 13.1 Å². The number of likely N-dealkylation sites (tertiary alicyclic amines) is 1. The van der Waals surface area contributed by atoms with Crippen molar-refractivity contribution < 1.29 is 19.4 Å². The SMILES string of the molecule is CCc1cc(O)c(F)cc1-c1cc(C)c2c(-c3nc4c([nH]3)CN(C(=O)N3CCC(O)C3)C4)n[nH]c2c1. The van der Waals surface area contributed by atoms with Crippen LogP contribution in [0.4, 0.5) is 9.18 Å². The lowest BCUT2D eigenvalue weighted by Gasteiger charge is -2.23. The third-order valence-electron chi connectivity index (χ3n) is 7.21. The number of hydrogen-bond acceptors (Lipinski definition) is 5. The van der Waals surface area contributed by atoms with Gasteiger partial charge in [-0.1, -0.05) is 13.0 Å². The Hall–Kier alpha value is -3.92. The number of aliphatic hydroxyl groups excluding tert-OH is 1. The molecule has 4 N–H and O–H groups in total. The number of nitrogens with one attached hydrogen (secondary N) is 2. The lowest BCUT2D eigenvalue weighted by molar-refractivity contribution is 0.145. The van der Waals surface area contributed by atoms with Gasteiger partial charge < -0.3 is 25.0 Å². The van der Waals surface area contributed by atoms with Crippen LogP contribution in [0.5, 0.6) is 5.75 Å². The van der Waals surface area contributed by atoms with E-state index < -0.39 is 11.9 Å². The van der Waals surface area contributed by atoms with Gasteiger partial charge in [0.2, 0.25) is 0 Å². The fraction of sp³-hybridized carbons (Fsp3) is 0.346. The molecule has 186 valence electrons. The summed E-state index contributed by atoms with van der Waals surface area (Å²) < 4.78 is 14.2. The third kappa shape index (κ3) is 3.60. The van der Waals surface area contributed by atoms with E-state index in [0.717, 1.165) is 44.5 Å². The summed E-state index contributed by atoms with van der Waals surface area (Å²) in [7, 11) is 0. The predicted molar refractivity (Wildman–Crippen MR) is 132 cm³/mol. The highest BCUT2D eigenvalue weighted by Crippen LogP contribution is 2.36. The van der Waals surface area contributed by atoms with Crippen LogP contribution in [-0.2, 0) is 19.5 Å². The number of aliphatic hydroxyl groups is 1. The zero-order valence-electron chi connectivity index (χ0n) is 20.1. The molecule has 6 rings (SSSR count). The zero-order valence-corrected chi connectivity index (χ0v) is 20.1. The van der Waals surface area contributed by atoms with Gasteiger partial charge in [0.15, 0.2) is 17.4 Å². The number of fused-ring (bicyclic) bond motifs is 2. The van der Waals surface area contributed by atoms with Gasteiger partial charge in [-0.2, -0.15) is 5.10 Å². The molecule has 9 nitrogen and oxygen atoms in total. The zero-order chi connectivity index (χ0) is 25.1. The number of amides is 2. The molecule has 0 saturated carbocycles. The number of carbonyl (C=O) groups is 1. The van der Waals surface area contributed by atoms with Crippen LogP contribution < -0.4 is 0 Å². The highest BCUT2D eigenvalue weighted by molar-refractivity contribution is 5.97. The van der Waals surface area contributed by atoms with Gasteiger partial charge in [-0.15, -0.1) is 0 Å². The molecule has 0 bridgehead atoms. The van der Waals surface area contributed by atoms with E-state index in [2.05, 4.69) is 15.2 Å². The number of aromatic amines is 2. The molecule has 1 fully saturated rings. The van der Waals surface area contributed by atoms with Gasteiger partial charge in [-0.05, 0) is 60.2 Å². The first-order valence-electron chi connectivity index (χ1n) is 12.1. The molecule has 0 aliphatic carbocycles. The number of halogens is 1. The quantitative estimate of drug-likeness (QED) is 0.348. The van der Waals surface area contributed by atoms with E-state index in [-0.39, 0.29) is 11.8 Å².